The van der Waals surface area contributed by atoms with Crippen LogP contribution >= 0.6 is 0 Å². The number of halogens is 2. The number of nitrogens with one attached hydrogen (secondary N) is 1. The van der Waals surface area contributed by atoms with Crippen LogP contribution in [0.2, 0.25) is 0 Å². The summed E-state index contributed by atoms with van der Waals surface area (Å²) < 4.78 is 30.4. The number of aromatic nitrogens is 2. The van der Waals surface area contributed by atoms with Gasteiger partial charge in [0, 0.05) is 46.7 Å². The normalized spacial score (nSPS) is 13.6. The van der Waals surface area contributed by atoms with Gasteiger partial charge in [0.05, 0.1) is 0 Å². The Morgan fingerprint density at radius 3 is 2.63 bits per heavy atom. The molecule has 0 aliphatic heterocycles. The van der Waals surface area contributed by atoms with Crippen LogP contribution in [0.5, 0.6) is 0 Å². The molecule has 4 heteroatoms. The number of H-pyrrole nitrogens is 1. The Labute approximate surface area is 157 Å². The van der Waals surface area contributed by atoms with E-state index in [0.717, 1.165) is 27.5 Å². The van der Waals surface area contributed by atoms with Crippen LogP contribution in [0.3, 0.4) is 0 Å². The molecule has 2 heterocycles. The predicted molar refractivity (Wildman–Crippen MR) is 107 cm³/mol. The van der Waals surface area contributed by atoms with Crippen molar-refractivity contribution in [3.05, 3.63) is 71.6 Å². The van der Waals surface area contributed by atoms with Gasteiger partial charge in [0.2, 0.25) is 0 Å². The maximum atomic E-state index is 14.4. The van der Waals surface area contributed by atoms with E-state index in [4.69, 9.17) is 0 Å². The Balaban J connectivity index is 1.79. The number of nitrogens with zero attached hydrogens (tertiary/aromatic N) is 1. The molecule has 1 atom stereocenters. The van der Waals surface area contributed by atoms with Gasteiger partial charge in [-0.3, -0.25) is 0 Å². The van der Waals surface area contributed by atoms with Crippen molar-refractivity contribution in [3.63, 3.8) is 0 Å². The largest absolute Gasteiger partial charge is 0.361 e. The highest BCUT2D eigenvalue weighted by Gasteiger charge is 2.22. The molecule has 2 nitrogen and oxygen atoms in total. The van der Waals surface area contributed by atoms with E-state index in [9.17, 15) is 8.78 Å². The van der Waals surface area contributed by atoms with Crippen molar-refractivity contribution in [1.82, 2.24) is 9.55 Å². The number of hydrogen-bond donors (Lipinski definition) is 1. The Morgan fingerprint density at radius 1 is 1.11 bits per heavy atom. The van der Waals surface area contributed by atoms with Gasteiger partial charge in [-0.1, -0.05) is 33.8 Å². The third kappa shape index (κ3) is 3.03. The smallest absolute Gasteiger partial charge is 0.132 e. The first-order valence-corrected chi connectivity index (χ1v) is 9.30. The van der Waals surface area contributed by atoms with E-state index < -0.39 is 0 Å². The van der Waals surface area contributed by atoms with Crippen LogP contribution in [-0.4, -0.2) is 9.55 Å². The molecule has 27 heavy (non-hydrogen) atoms. The van der Waals surface area contributed by atoms with Crippen molar-refractivity contribution >= 4 is 21.8 Å². The van der Waals surface area contributed by atoms with Crippen LogP contribution in [0.1, 0.15) is 44.7 Å². The fourth-order valence-corrected chi connectivity index (χ4v) is 3.97. The molecule has 2 aromatic heterocycles. The second-order valence-electron chi connectivity index (χ2n) is 8.41. The van der Waals surface area contributed by atoms with Crippen molar-refractivity contribution in [2.45, 2.75) is 45.6 Å². The first-order valence-electron chi connectivity index (χ1n) is 9.30. The van der Waals surface area contributed by atoms with Gasteiger partial charge in [0.25, 0.3) is 0 Å². The number of aromatic amines is 1. The van der Waals surface area contributed by atoms with Gasteiger partial charge in [-0.2, -0.15) is 0 Å². The summed E-state index contributed by atoms with van der Waals surface area (Å²) in [6.07, 6.45) is 4.01. The van der Waals surface area contributed by atoms with E-state index >= 15 is 0 Å². The highest BCUT2D eigenvalue weighted by atomic mass is 19.1. The van der Waals surface area contributed by atoms with Crippen molar-refractivity contribution in [2.75, 3.05) is 0 Å². The zero-order chi connectivity index (χ0) is 19.3. The molecule has 0 aliphatic carbocycles. The van der Waals surface area contributed by atoms with Crippen molar-refractivity contribution in [2.24, 2.45) is 0 Å². The second-order valence-corrected chi connectivity index (χ2v) is 8.41. The Bertz CT molecular complexity index is 1130. The molecule has 1 N–H and O–H groups in total. The second kappa shape index (κ2) is 6.22. The van der Waals surface area contributed by atoms with Gasteiger partial charge in [0.1, 0.15) is 11.6 Å². The molecule has 4 rings (SSSR count). The Hall–Kier alpha value is -2.62. The summed E-state index contributed by atoms with van der Waals surface area (Å²) >= 11 is 0. The van der Waals surface area contributed by atoms with Gasteiger partial charge in [-0.25, -0.2) is 8.78 Å². The van der Waals surface area contributed by atoms with Crippen molar-refractivity contribution in [1.29, 1.82) is 0 Å². The third-order valence-corrected chi connectivity index (χ3v) is 5.34. The fraction of sp³-hybridized carbons (Fsp3) is 0.304. The van der Waals surface area contributed by atoms with Gasteiger partial charge >= 0.3 is 0 Å². The molecular formula is C23H24F2N2. The maximum Gasteiger partial charge on any atom is 0.132 e. The monoisotopic (exact) mass is 366 g/mol. The lowest BCUT2D eigenvalue weighted by Gasteiger charge is -2.17. The zero-order valence-electron chi connectivity index (χ0n) is 16.1. The first kappa shape index (κ1) is 17.8. The first-order chi connectivity index (χ1) is 12.8. The highest BCUT2D eigenvalue weighted by Crippen LogP contribution is 2.34. The molecule has 0 spiro atoms. The molecule has 0 fully saturated rings. The molecule has 4 aromatic rings. The lowest BCUT2D eigenvalue weighted by molar-refractivity contribution is 0.577. The fourth-order valence-electron chi connectivity index (χ4n) is 3.97. The average Bonchev–Trinajstić information content (AvgIpc) is 3.17. The number of benzene rings is 2. The molecule has 140 valence electrons. The van der Waals surface area contributed by atoms with Crippen LogP contribution < -0.4 is 0 Å². The van der Waals surface area contributed by atoms with Gasteiger partial charge in [-0.05, 0) is 46.9 Å². The van der Waals surface area contributed by atoms with Crippen molar-refractivity contribution in [3.8, 4) is 0 Å². The molecule has 0 aliphatic rings. The standard InChI is InChI=1S/C23H24F2N2/c1-14(17-11-26-20-7-5-6-19(25)22(17)20)12-27-13-18(23(2,3)4)16-10-15(24)8-9-21(16)27/h5-11,13-14,26H,12H2,1-4H3. The zero-order valence-corrected chi connectivity index (χ0v) is 16.1. The van der Waals surface area contributed by atoms with Crippen LogP contribution in [0, 0.1) is 11.6 Å². The molecular weight excluding hydrogens is 342 g/mol. The van der Waals surface area contributed by atoms with Crippen LogP contribution in [0.25, 0.3) is 21.8 Å². The van der Waals surface area contributed by atoms with Crippen LogP contribution in [0.15, 0.2) is 48.8 Å². The summed E-state index contributed by atoms with van der Waals surface area (Å²) in [5.74, 6) is -0.327. The Morgan fingerprint density at radius 2 is 1.89 bits per heavy atom. The maximum absolute atomic E-state index is 14.4. The summed E-state index contributed by atoms with van der Waals surface area (Å²) in [5.41, 5.74) is 3.81. The van der Waals surface area contributed by atoms with E-state index in [2.05, 4.69) is 43.4 Å². The lowest BCUT2D eigenvalue weighted by Crippen LogP contribution is -2.11. The number of fused-ring (bicyclic) bond motifs is 2. The summed E-state index contributed by atoms with van der Waals surface area (Å²) in [6.45, 7) is 9.20. The molecule has 0 saturated heterocycles. The minimum atomic E-state index is -0.225. The summed E-state index contributed by atoms with van der Waals surface area (Å²) in [7, 11) is 0. The molecule has 0 bridgehead atoms. The van der Waals surface area contributed by atoms with Crippen molar-refractivity contribution < 1.29 is 8.78 Å². The van der Waals surface area contributed by atoms with E-state index in [-0.39, 0.29) is 23.0 Å². The quantitative estimate of drug-likeness (QED) is 0.427. The molecule has 2 aromatic carbocycles. The summed E-state index contributed by atoms with van der Waals surface area (Å²) in [4.78, 5) is 3.17. The highest BCUT2D eigenvalue weighted by molar-refractivity contribution is 5.86. The van der Waals surface area contributed by atoms with Gasteiger partial charge in [-0.15, -0.1) is 0 Å². The van der Waals surface area contributed by atoms with E-state index in [1.54, 1.807) is 12.1 Å². The third-order valence-electron chi connectivity index (χ3n) is 5.34. The topological polar surface area (TPSA) is 20.7 Å². The SMILES string of the molecule is CC(Cn1cc(C(C)(C)C)c2cc(F)ccc21)c1c[nH]c2cccc(F)c12. The van der Waals surface area contributed by atoms with E-state index in [1.165, 1.54) is 12.1 Å². The van der Waals surface area contributed by atoms with E-state index in [0.29, 0.717) is 11.9 Å². The molecule has 0 saturated carbocycles. The van der Waals surface area contributed by atoms with Crippen LogP contribution in [-0.2, 0) is 12.0 Å². The van der Waals surface area contributed by atoms with E-state index in [1.807, 2.05) is 18.3 Å². The van der Waals surface area contributed by atoms with Gasteiger partial charge < -0.3 is 9.55 Å². The van der Waals surface area contributed by atoms with Crippen LogP contribution in [0.4, 0.5) is 8.78 Å². The Kier molecular flexibility index (Phi) is 4.10. The minimum Gasteiger partial charge on any atom is -0.361 e. The number of rotatable bonds is 3. The number of hydrogen-bond acceptors (Lipinski definition) is 0. The lowest BCUT2D eigenvalue weighted by atomic mass is 9.87. The molecule has 0 amide bonds. The average molecular weight is 366 g/mol. The molecule has 1 unspecified atom stereocenters. The minimum absolute atomic E-state index is 0.0899. The summed E-state index contributed by atoms with van der Waals surface area (Å²) in [6, 6.07) is 10.1. The summed E-state index contributed by atoms with van der Waals surface area (Å²) in [5, 5.41) is 1.60. The predicted octanol–water partition coefficient (Wildman–Crippen LogP) is 6.50. The van der Waals surface area contributed by atoms with Gasteiger partial charge in [0.15, 0.2) is 0 Å². The molecule has 0 radical (unpaired) electrons.